The van der Waals surface area contributed by atoms with E-state index in [2.05, 4.69) is 0 Å². The molecule has 0 bridgehead atoms. The smallest absolute Gasteiger partial charge is 0.179 e. The number of morpholine rings is 1. The molecule has 1 unspecified atom stereocenters. The Bertz CT molecular complexity index is 497. The average Bonchev–Trinajstić information content (AvgIpc) is 2.39. The summed E-state index contributed by atoms with van der Waals surface area (Å²) in [5, 5.41) is 0. The molecule has 5 heteroatoms. The van der Waals surface area contributed by atoms with Crippen molar-refractivity contribution in [3.05, 3.63) is 35.4 Å². The van der Waals surface area contributed by atoms with Gasteiger partial charge in [0.05, 0.1) is 18.2 Å². The van der Waals surface area contributed by atoms with Crippen molar-refractivity contribution in [3.8, 4) is 0 Å². The molecule has 1 fully saturated rings. The number of halogens is 2. The molecule has 3 atom stereocenters. The number of carbonyl (C=O) groups excluding carboxylic acids is 1. The standard InChI is InChI=1S/C15H19F2NO2/c1-9-7-18(8-10(2)20-9)11(3)15(19)12-4-5-13(16)14(17)6-12/h4-6,9-11H,7-8H2,1-3H3/t9-,10+,11?. The van der Waals surface area contributed by atoms with Crippen molar-refractivity contribution >= 4 is 5.78 Å². The highest BCUT2D eigenvalue weighted by molar-refractivity contribution is 5.99. The van der Waals surface area contributed by atoms with Gasteiger partial charge >= 0.3 is 0 Å². The van der Waals surface area contributed by atoms with E-state index >= 15 is 0 Å². The number of hydrogen-bond donors (Lipinski definition) is 0. The number of carbonyl (C=O) groups is 1. The topological polar surface area (TPSA) is 29.5 Å². The third kappa shape index (κ3) is 3.22. The largest absolute Gasteiger partial charge is 0.373 e. The first-order valence-corrected chi connectivity index (χ1v) is 6.77. The van der Waals surface area contributed by atoms with Crippen molar-refractivity contribution in [2.24, 2.45) is 0 Å². The number of ketones is 1. The highest BCUT2D eigenvalue weighted by Gasteiger charge is 2.29. The Hall–Kier alpha value is -1.33. The lowest BCUT2D eigenvalue weighted by Gasteiger charge is -2.38. The van der Waals surface area contributed by atoms with Crippen molar-refractivity contribution in [1.82, 2.24) is 4.90 Å². The molecular formula is C15H19F2NO2. The fraction of sp³-hybridized carbons (Fsp3) is 0.533. The molecular weight excluding hydrogens is 264 g/mol. The molecule has 1 aliphatic heterocycles. The van der Waals surface area contributed by atoms with Crippen molar-refractivity contribution in [2.75, 3.05) is 13.1 Å². The summed E-state index contributed by atoms with van der Waals surface area (Å²) in [5.41, 5.74) is 0.197. The van der Waals surface area contributed by atoms with Crippen LogP contribution in [-0.4, -0.2) is 42.0 Å². The van der Waals surface area contributed by atoms with Gasteiger partial charge in [0.2, 0.25) is 0 Å². The average molecular weight is 283 g/mol. The Balaban J connectivity index is 2.13. The van der Waals surface area contributed by atoms with Gasteiger partial charge in [0.15, 0.2) is 17.4 Å². The van der Waals surface area contributed by atoms with Gasteiger partial charge in [-0.1, -0.05) is 0 Å². The van der Waals surface area contributed by atoms with Gasteiger partial charge in [0.1, 0.15) is 0 Å². The van der Waals surface area contributed by atoms with Gasteiger partial charge in [-0.3, -0.25) is 9.69 Å². The monoisotopic (exact) mass is 283 g/mol. The Morgan fingerprint density at radius 2 is 1.85 bits per heavy atom. The molecule has 1 saturated heterocycles. The molecule has 1 aromatic carbocycles. The first kappa shape index (κ1) is 15.1. The van der Waals surface area contributed by atoms with Crippen LogP contribution in [0, 0.1) is 11.6 Å². The van der Waals surface area contributed by atoms with Gasteiger partial charge < -0.3 is 4.74 Å². The van der Waals surface area contributed by atoms with E-state index in [1.54, 1.807) is 6.92 Å². The summed E-state index contributed by atoms with van der Waals surface area (Å²) in [4.78, 5) is 14.4. The summed E-state index contributed by atoms with van der Waals surface area (Å²) < 4.78 is 31.7. The van der Waals surface area contributed by atoms with Crippen molar-refractivity contribution in [2.45, 2.75) is 39.0 Å². The van der Waals surface area contributed by atoms with Crippen LogP contribution in [0.3, 0.4) is 0 Å². The van der Waals surface area contributed by atoms with Gasteiger partial charge in [-0.15, -0.1) is 0 Å². The molecule has 20 heavy (non-hydrogen) atoms. The molecule has 0 saturated carbocycles. The Morgan fingerprint density at radius 3 is 2.40 bits per heavy atom. The van der Waals surface area contributed by atoms with Gasteiger partial charge in [-0.05, 0) is 39.0 Å². The fourth-order valence-electron chi connectivity index (χ4n) is 2.59. The van der Waals surface area contributed by atoms with E-state index in [4.69, 9.17) is 4.74 Å². The van der Waals surface area contributed by atoms with Crippen molar-refractivity contribution in [1.29, 1.82) is 0 Å². The van der Waals surface area contributed by atoms with Gasteiger partial charge in [-0.25, -0.2) is 8.78 Å². The zero-order valence-corrected chi connectivity index (χ0v) is 11.9. The summed E-state index contributed by atoms with van der Waals surface area (Å²) in [6.45, 7) is 7.00. The Labute approximate surface area is 117 Å². The van der Waals surface area contributed by atoms with Crippen molar-refractivity contribution in [3.63, 3.8) is 0 Å². The molecule has 1 aromatic rings. The predicted molar refractivity (Wildman–Crippen MR) is 71.7 cm³/mol. The molecule has 0 aromatic heterocycles. The molecule has 0 radical (unpaired) electrons. The van der Waals surface area contributed by atoms with E-state index in [9.17, 15) is 13.6 Å². The van der Waals surface area contributed by atoms with E-state index in [0.717, 1.165) is 12.1 Å². The van der Waals surface area contributed by atoms with E-state index in [-0.39, 0.29) is 29.6 Å². The zero-order valence-electron chi connectivity index (χ0n) is 11.9. The number of nitrogens with zero attached hydrogens (tertiary/aromatic N) is 1. The van der Waals surface area contributed by atoms with Crippen molar-refractivity contribution < 1.29 is 18.3 Å². The van der Waals surface area contributed by atoms with E-state index < -0.39 is 11.6 Å². The van der Waals surface area contributed by atoms with Crippen LogP contribution >= 0.6 is 0 Å². The lowest BCUT2D eigenvalue weighted by molar-refractivity contribution is -0.0744. The molecule has 0 spiro atoms. The summed E-state index contributed by atoms with van der Waals surface area (Å²) in [7, 11) is 0. The van der Waals surface area contributed by atoms with Crippen LogP contribution in [-0.2, 0) is 4.74 Å². The minimum atomic E-state index is -0.994. The van der Waals surface area contributed by atoms with Crippen LogP contribution in [0.15, 0.2) is 18.2 Å². The molecule has 0 N–H and O–H groups in total. The van der Waals surface area contributed by atoms with E-state index in [1.165, 1.54) is 6.07 Å². The molecule has 110 valence electrons. The first-order chi connectivity index (χ1) is 9.38. The summed E-state index contributed by atoms with van der Waals surface area (Å²) >= 11 is 0. The van der Waals surface area contributed by atoms with Gasteiger partial charge in [0.25, 0.3) is 0 Å². The van der Waals surface area contributed by atoms with Gasteiger partial charge in [0, 0.05) is 18.7 Å². The predicted octanol–water partition coefficient (Wildman–Crippen LogP) is 2.65. The van der Waals surface area contributed by atoms with Crippen LogP contribution in [0.2, 0.25) is 0 Å². The maximum Gasteiger partial charge on any atom is 0.179 e. The second-order valence-electron chi connectivity index (χ2n) is 5.38. The number of Topliss-reactive ketones (excluding diaryl/α,β-unsaturated/α-hetero) is 1. The fourth-order valence-corrected chi connectivity index (χ4v) is 2.59. The lowest BCUT2D eigenvalue weighted by Crippen LogP contribution is -2.51. The molecule has 0 aliphatic carbocycles. The van der Waals surface area contributed by atoms with Crippen LogP contribution in [0.4, 0.5) is 8.78 Å². The quantitative estimate of drug-likeness (QED) is 0.799. The van der Waals surface area contributed by atoms with Crippen LogP contribution in [0.1, 0.15) is 31.1 Å². The Morgan fingerprint density at radius 1 is 1.25 bits per heavy atom. The normalized spacial score (nSPS) is 25.4. The Kier molecular flexibility index (Phi) is 4.50. The summed E-state index contributed by atoms with van der Waals surface area (Å²) in [6, 6.07) is 2.89. The molecule has 0 amide bonds. The number of benzene rings is 1. The number of hydrogen-bond acceptors (Lipinski definition) is 3. The minimum Gasteiger partial charge on any atom is -0.373 e. The second-order valence-corrected chi connectivity index (χ2v) is 5.38. The van der Waals surface area contributed by atoms with Crippen LogP contribution < -0.4 is 0 Å². The zero-order chi connectivity index (χ0) is 14.9. The van der Waals surface area contributed by atoms with E-state index in [0.29, 0.717) is 13.1 Å². The molecule has 2 rings (SSSR count). The highest BCUT2D eigenvalue weighted by atomic mass is 19.2. The maximum atomic E-state index is 13.2. The number of rotatable bonds is 3. The maximum absolute atomic E-state index is 13.2. The SMILES string of the molecule is CC(C(=O)c1ccc(F)c(F)c1)N1C[C@@H](C)O[C@@H](C)C1. The van der Waals surface area contributed by atoms with Crippen LogP contribution in [0.25, 0.3) is 0 Å². The summed E-state index contributed by atoms with van der Waals surface area (Å²) in [6.07, 6.45) is 0.109. The van der Waals surface area contributed by atoms with Gasteiger partial charge in [-0.2, -0.15) is 0 Å². The number of ether oxygens (including phenoxy) is 1. The third-order valence-corrected chi connectivity index (χ3v) is 3.58. The highest BCUT2D eigenvalue weighted by Crippen LogP contribution is 2.17. The van der Waals surface area contributed by atoms with Crippen LogP contribution in [0.5, 0.6) is 0 Å². The lowest BCUT2D eigenvalue weighted by atomic mass is 10.0. The second kappa shape index (κ2) is 5.97. The minimum absolute atomic E-state index is 0.0546. The molecule has 1 aliphatic rings. The van der Waals surface area contributed by atoms with E-state index in [1.807, 2.05) is 18.7 Å². The summed E-state index contributed by atoms with van der Waals surface area (Å²) in [5.74, 6) is -2.14. The molecule has 1 heterocycles. The molecule has 3 nitrogen and oxygen atoms in total. The first-order valence-electron chi connectivity index (χ1n) is 6.77. The third-order valence-electron chi connectivity index (χ3n) is 3.58.